The van der Waals surface area contributed by atoms with Crippen molar-refractivity contribution in [2.45, 2.75) is 25.8 Å². The van der Waals surface area contributed by atoms with Gasteiger partial charge in [0.05, 0.1) is 5.69 Å². The molecule has 0 aromatic heterocycles. The zero-order chi connectivity index (χ0) is 20.4. The van der Waals surface area contributed by atoms with Crippen LogP contribution in [0.25, 0.3) is 0 Å². The summed E-state index contributed by atoms with van der Waals surface area (Å²) < 4.78 is 31.3. The van der Waals surface area contributed by atoms with Crippen LogP contribution in [0.1, 0.15) is 20.3 Å². The lowest BCUT2D eigenvalue weighted by atomic mass is 9.99. The summed E-state index contributed by atoms with van der Waals surface area (Å²) in [6.07, 6.45) is 0.337. The van der Waals surface area contributed by atoms with E-state index in [1.807, 2.05) is 0 Å². The first-order valence-electron chi connectivity index (χ1n) is 7.81. The quantitative estimate of drug-likeness (QED) is 0.511. The fourth-order valence-electron chi connectivity index (χ4n) is 2.29. The molecular formula is C16H16BrF2N3O5. The van der Waals surface area contributed by atoms with Crippen LogP contribution in [0.3, 0.4) is 0 Å². The van der Waals surface area contributed by atoms with Gasteiger partial charge in [-0.1, -0.05) is 6.92 Å². The van der Waals surface area contributed by atoms with E-state index in [1.54, 1.807) is 6.92 Å². The minimum absolute atomic E-state index is 0.0298. The van der Waals surface area contributed by atoms with Crippen molar-refractivity contribution in [3.05, 3.63) is 28.2 Å². The zero-order valence-electron chi connectivity index (χ0n) is 14.4. The Kier molecular flexibility index (Phi) is 6.14. The summed E-state index contributed by atoms with van der Waals surface area (Å²) in [4.78, 5) is 48.3. The van der Waals surface area contributed by atoms with E-state index in [9.17, 15) is 28.0 Å². The topological polar surface area (TPSA) is 105 Å². The molecule has 1 aromatic carbocycles. The molecular weight excluding hydrogens is 432 g/mol. The van der Waals surface area contributed by atoms with Gasteiger partial charge in [0.25, 0.3) is 11.8 Å². The maximum absolute atomic E-state index is 13.7. The molecule has 0 saturated carbocycles. The highest BCUT2D eigenvalue weighted by atomic mass is 79.9. The number of rotatable bonds is 6. The number of urea groups is 1. The second-order valence-corrected chi connectivity index (χ2v) is 6.81. The first-order valence-corrected chi connectivity index (χ1v) is 8.61. The van der Waals surface area contributed by atoms with Crippen LogP contribution in [0.5, 0.6) is 0 Å². The second kappa shape index (κ2) is 7.99. The number of esters is 1. The number of ether oxygens (including phenoxy) is 1. The molecule has 1 heterocycles. The lowest BCUT2D eigenvalue weighted by molar-refractivity contribution is -0.150. The molecule has 2 rings (SSSR count). The van der Waals surface area contributed by atoms with E-state index in [2.05, 4.69) is 26.6 Å². The Labute approximate surface area is 161 Å². The third kappa shape index (κ3) is 4.59. The first kappa shape index (κ1) is 20.7. The van der Waals surface area contributed by atoms with Crippen LogP contribution >= 0.6 is 15.9 Å². The van der Waals surface area contributed by atoms with E-state index in [-0.39, 0.29) is 10.2 Å². The van der Waals surface area contributed by atoms with Gasteiger partial charge in [0.15, 0.2) is 12.4 Å². The SMILES string of the molecule is CCC1(C)NC(=O)N(CC(=O)OCC(=O)Nc2c(F)cc(F)cc2Br)C1=O. The highest BCUT2D eigenvalue weighted by Gasteiger charge is 2.47. The number of imide groups is 1. The monoisotopic (exact) mass is 447 g/mol. The molecule has 11 heteroatoms. The second-order valence-electron chi connectivity index (χ2n) is 5.96. The Balaban J connectivity index is 1.90. The number of nitrogens with one attached hydrogen (secondary N) is 2. The van der Waals surface area contributed by atoms with E-state index in [4.69, 9.17) is 4.74 Å². The number of anilines is 1. The van der Waals surface area contributed by atoms with E-state index in [1.165, 1.54) is 6.92 Å². The fourth-order valence-corrected chi connectivity index (χ4v) is 2.80. The average molecular weight is 448 g/mol. The first-order chi connectivity index (χ1) is 12.6. The third-order valence-electron chi connectivity index (χ3n) is 3.98. The molecule has 1 atom stereocenters. The van der Waals surface area contributed by atoms with Crippen LogP contribution < -0.4 is 10.6 Å². The van der Waals surface area contributed by atoms with Crippen LogP contribution in [-0.4, -0.2) is 47.4 Å². The van der Waals surface area contributed by atoms with Crippen molar-refractivity contribution in [3.8, 4) is 0 Å². The van der Waals surface area contributed by atoms with Crippen molar-refractivity contribution >= 4 is 45.4 Å². The summed E-state index contributed by atoms with van der Waals surface area (Å²) in [5, 5.41) is 4.60. The summed E-state index contributed by atoms with van der Waals surface area (Å²) in [5.74, 6) is -4.30. The van der Waals surface area contributed by atoms with E-state index < -0.39 is 54.1 Å². The molecule has 2 N–H and O–H groups in total. The van der Waals surface area contributed by atoms with Crippen LogP contribution in [0.4, 0.5) is 19.3 Å². The molecule has 0 aliphatic carbocycles. The lowest BCUT2D eigenvalue weighted by Gasteiger charge is -2.18. The van der Waals surface area contributed by atoms with Crippen LogP contribution in [-0.2, 0) is 19.1 Å². The number of hydrogen-bond donors (Lipinski definition) is 2. The minimum Gasteiger partial charge on any atom is -0.454 e. The summed E-state index contributed by atoms with van der Waals surface area (Å²) in [6.45, 7) is 1.79. The van der Waals surface area contributed by atoms with Crippen molar-refractivity contribution in [2.24, 2.45) is 0 Å². The Morgan fingerprint density at radius 3 is 2.56 bits per heavy atom. The molecule has 27 heavy (non-hydrogen) atoms. The van der Waals surface area contributed by atoms with Gasteiger partial charge in [-0.15, -0.1) is 0 Å². The molecule has 0 spiro atoms. The van der Waals surface area contributed by atoms with Gasteiger partial charge < -0.3 is 15.4 Å². The number of amides is 4. The lowest BCUT2D eigenvalue weighted by Crippen LogP contribution is -2.43. The van der Waals surface area contributed by atoms with Crippen molar-refractivity contribution < 1.29 is 32.7 Å². The summed E-state index contributed by atoms with van der Waals surface area (Å²) in [6, 6.07) is 0.796. The maximum Gasteiger partial charge on any atom is 0.326 e. The molecule has 4 amide bonds. The average Bonchev–Trinajstić information content (AvgIpc) is 2.80. The number of carbonyl (C=O) groups is 4. The number of halogens is 3. The number of hydrogen-bond acceptors (Lipinski definition) is 5. The van der Waals surface area contributed by atoms with Crippen molar-refractivity contribution in [2.75, 3.05) is 18.5 Å². The van der Waals surface area contributed by atoms with Gasteiger partial charge in [-0.25, -0.2) is 13.6 Å². The van der Waals surface area contributed by atoms with Gasteiger partial charge in [0, 0.05) is 10.5 Å². The van der Waals surface area contributed by atoms with Crippen molar-refractivity contribution in [1.82, 2.24) is 10.2 Å². The van der Waals surface area contributed by atoms with Gasteiger partial charge in [0.1, 0.15) is 17.9 Å². The highest BCUT2D eigenvalue weighted by Crippen LogP contribution is 2.26. The molecule has 1 aliphatic rings. The van der Waals surface area contributed by atoms with Crippen molar-refractivity contribution in [3.63, 3.8) is 0 Å². The fraction of sp³-hybridized carbons (Fsp3) is 0.375. The Bertz CT molecular complexity index is 796. The Morgan fingerprint density at radius 1 is 1.33 bits per heavy atom. The predicted molar refractivity (Wildman–Crippen MR) is 92.6 cm³/mol. The van der Waals surface area contributed by atoms with E-state index >= 15 is 0 Å². The molecule has 146 valence electrons. The summed E-state index contributed by atoms with van der Waals surface area (Å²) in [5.41, 5.74) is -1.41. The molecule has 1 fully saturated rings. The van der Waals surface area contributed by atoms with Crippen LogP contribution in [0, 0.1) is 11.6 Å². The highest BCUT2D eigenvalue weighted by molar-refractivity contribution is 9.10. The van der Waals surface area contributed by atoms with E-state index in [0.717, 1.165) is 6.07 Å². The van der Waals surface area contributed by atoms with Crippen LogP contribution in [0.15, 0.2) is 16.6 Å². The number of carbonyl (C=O) groups excluding carboxylic acids is 4. The van der Waals surface area contributed by atoms with Gasteiger partial charge in [-0.05, 0) is 35.3 Å². The van der Waals surface area contributed by atoms with Gasteiger partial charge in [0.2, 0.25) is 0 Å². The maximum atomic E-state index is 13.7. The smallest absolute Gasteiger partial charge is 0.326 e. The van der Waals surface area contributed by atoms with Crippen LogP contribution in [0.2, 0.25) is 0 Å². The minimum atomic E-state index is -1.10. The normalized spacial score (nSPS) is 19.1. The van der Waals surface area contributed by atoms with Gasteiger partial charge in [-0.2, -0.15) is 0 Å². The molecule has 1 saturated heterocycles. The predicted octanol–water partition coefficient (Wildman–Crippen LogP) is 1.93. The molecule has 1 aliphatic heterocycles. The van der Waals surface area contributed by atoms with Gasteiger partial charge in [-0.3, -0.25) is 19.3 Å². The van der Waals surface area contributed by atoms with Gasteiger partial charge >= 0.3 is 12.0 Å². The van der Waals surface area contributed by atoms with E-state index in [0.29, 0.717) is 17.4 Å². The largest absolute Gasteiger partial charge is 0.454 e. The zero-order valence-corrected chi connectivity index (χ0v) is 16.0. The molecule has 1 aromatic rings. The standard InChI is InChI=1S/C16H16BrF2N3O5/c1-3-16(2)14(25)22(15(26)21-16)6-12(24)27-7-11(23)20-13-9(17)4-8(18)5-10(13)19/h4-5H,3,6-7H2,1-2H3,(H,20,23)(H,21,26). The number of benzene rings is 1. The Morgan fingerprint density at radius 2 is 2.00 bits per heavy atom. The van der Waals surface area contributed by atoms with Crippen molar-refractivity contribution in [1.29, 1.82) is 0 Å². The molecule has 8 nitrogen and oxygen atoms in total. The summed E-state index contributed by atoms with van der Waals surface area (Å²) in [7, 11) is 0. The molecule has 1 unspecified atom stereocenters. The third-order valence-corrected chi connectivity index (χ3v) is 4.60. The summed E-state index contributed by atoms with van der Waals surface area (Å²) >= 11 is 2.90. The molecule has 0 bridgehead atoms. The molecule has 0 radical (unpaired) electrons. The number of nitrogens with zero attached hydrogens (tertiary/aromatic N) is 1. The Hall–Kier alpha value is -2.56.